The van der Waals surface area contributed by atoms with Crippen LogP contribution in [0.4, 0.5) is 0 Å². The number of carbonyl (C=O) groups is 2. The van der Waals surface area contributed by atoms with Gasteiger partial charge in [-0.25, -0.2) is 4.79 Å². The van der Waals surface area contributed by atoms with Crippen LogP contribution < -0.4 is 5.32 Å². The zero-order valence-electron chi connectivity index (χ0n) is 10.6. The van der Waals surface area contributed by atoms with E-state index >= 15 is 0 Å². The molecule has 2 atom stereocenters. The first-order chi connectivity index (χ1) is 8.86. The average molecular weight is 304 g/mol. The smallest absolute Gasteiger partial charge is 0.326 e. The van der Waals surface area contributed by atoms with Gasteiger partial charge in [0.25, 0.3) is 5.91 Å². The number of carboxylic acid groups (broad SMARTS) is 1. The maximum Gasteiger partial charge on any atom is 0.326 e. The van der Waals surface area contributed by atoms with E-state index in [1.807, 2.05) is 6.92 Å². The third-order valence-electron chi connectivity index (χ3n) is 2.94. The van der Waals surface area contributed by atoms with E-state index in [2.05, 4.69) is 5.32 Å². The second kappa shape index (κ2) is 6.78. The third-order valence-corrected chi connectivity index (χ3v) is 3.50. The minimum atomic E-state index is -1.07. The first-order valence-electron chi connectivity index (χ1n) is 5.85. The first kappa shape index (κ1) is 15.8. The molecule has 104 valence electrons. The lowest BCUT2D eigenvalue weighted by Gasteiger charge is -2.20. The molecule has 0 aliphatic carbocycles. The highest BCUT2D eigenvalue weighted by molar-refractivity contribution is 6.35. The molecule has 0 fully saturated rings. The summed E-state index contributed by atoms with van der Waals surface area (Å²) in [6, 6.07) is 3.52. The topological polar surface area (TPSA) is 66.4 Å². The van der Waals surface area contributed by atoms with E-state index < -0.39 is 17.9 Å². The van der Waals surface area contributed by atoms with Crippen molar-refractivity contribution in [1.82, 2.24) is 5.32 Å². The van der Waals surface area contributed by atoms with Crippen LogP contribution in [-0.4, -0.2) is 23.0 Å². The minimum Gasteiger partial charge on any atom is -0.480 e. The molecule has 0 spiro atoms. The molecule has 0 saturated carbocycles. The zero-order valence-corrected chi connectivity index (χ0v) is 12.1. The number of carbonyl (C=O) groups excluding carboxylic acids is 1. The van der Waals surface area contributed by atoms with Crippen LogP contribution in [0.15, 0.2) is 18.2 Å². The molecule has 1 amide bonds. The van der Waals surface area contributed by atoms with Crippen LogP contribution in [0, 0.1) is 5.92 Å². The Bertz CT molecular complexity index is 491. The summed E-state index contributed by atoms with van der Waals surface area (Å²) in [5.41, 5.74) is 0.170. The van der Waals surface area contributed by atoms with E-state index in [1.54, 1.807) is 13.0 Å². The van der Waals surface area contributed by atoms with Crippen LogP contribution >= 0.6 is 23.2 Å². The van der Waals surface area contributed by atoms with Crippen molar-refractivity contribution in [2.45, 2.75) is 26.3 Å². The zero-order chi connectivity index (χ0) is 14.6. The molecule has 0 heterocycles. The molecule has 0 aromatic heterocycles. The summed E-state index contributed by atoms with van der Waals surface area (Å²) in [4.78, 5) is 23.2. The number of amides is 1. The molecule has 4 nitrogen and oxygen atoms in total. The highest BCUT2D eigenvalue weighted by Crippen LogP contribution is 2.21. The molecule has 1 rings (SSSR count). The van der Waals surface area contributed by atoms with Crippen molar-refractivity contribution in [3.05, 3.63) is 33.8 Å². The van der Waals surface area contributed by atoms with Gasteiger partial charge in [-0.2, -0.15) is 0 Å². The van der Waals surface area contributed by atoms with Gasteiger partial charge in [0.05, 0.1) is 10.6 Å². The van der Waals surface area contributed by atoms with Gasteiger partial charge in [0.1, 0.15) is 6.04 Å². The molecule has 0 aliphatic heterocycles. The monoisotopic (exact) mass is 303 g/mol. The predicted octanol–water partition coefficient (Wildman–Crippen LogP) is 3.22. The van der Waals surface area contributed by atoms with Crippen LogP contribution in [0.5, 0.6) is 0 Å². The van der Waals surface area contributed by atoms with E-state index in [-0.39, 0.29) is 16.5 Å². The summed E-state index contributed by atoms with van der Waals surface area (Å²) in [5.74, 6) is -1.79. The normalized spacial score (nSPS) is 13.7. The summed E-state index contributed by atoms with van der Waals surface area (Å²) < 4.78 is 0. The molecule has 0 saturated heterocycles. The minimum absolute atomic E-state index is 0.170. The van der Waals surface area contributed by atoms with Gasteiger partial charge in [-0.15, -0.1) is 0 Å². The average Bonchev–Trinajstić information content (AvgIpc) is 2.37. The third kappa shape index (κ3) is 4.11. The Kier molecular flexibility index (Phi) is 5.63. The van der Waals surface area contributed by atoms with Gasteiger partial charge in [-0.05, 0) is 24.1 Å². The van der Waals surface area contributed by atoms with Gasteiger partial charge < -0.3 is 10.4 Å². The quantitative estimate of drug-likeness (QED) is 0.877. The number of benzene rings is 1. The van der Waals surface area contributed by atoms with Crippen molar-refractivity contribution in [1.29, 1.82) is 0 Å². The molecule has 19 heavy (non-hydrogen) atoms. The Morgan fingerprint density at radius 3 is 2.53 bits per heavy atom. The number of nitrogens with one attached hydrogen (secondary N) is 1. The van der Waals surface area contributed by atoms with Crippen LogP contribution in [0.2, 0.25) is 10.0 Å². The van der Waals surface area contributed by atoms with Crippen molar-refractivity contribution < 1.29 is 14.7 Å². The SMILES string of the molecule is CCC(C)[C@H](NC(=O)c1cc(Cl)ccc1Cl)C(=O)O. The predicted molar refractivity (Wildman–Crippen MR) is 74.8 cm³/mol. The number of carboxylic acids is 1. The van der Waals surface area contributed by atoms with Gasteiger partial charge >= 0.3 is 5.97 Å². The summed E-state index contributed by atoms with van der Waals surface area (Å²) in [6.45, 7) is 3.62. The molecule has 1 unspecified atom stereocenters. The highest BCUT2D eigenvalue weighted by Gasteiger charge is 2.26. The lowest BCUT2D eigenvalue weighted by atomic mass is 9.99. The standard InChI is InChI=1S/C13H15Cl2NO3/c1-3-7(2)11(13(18)19)16-12(17)9-6-8(14)4-5-10(9)15/h4-7,11H,3H2,1-2H3,(H,16,17)(H,18,19)/t7?,11-/m0/s1. The van der Waals surface area contributed by atoms with E-state index in [0.717, 1.165) is 0 Å². The van der Waals surface area contributed by atoms with E-state index in [4.69, 9.17) is 28.3 Å². The second-order valence-corrected chi connectivity index (χ2v) is 5.14. The second-order valence-electron chi connectivity index (χ2n) is 4.30. The number of hydrogen-bond acceptors (Lipinski definition) is 2. The lowest BCUT2D eigenvalue weighted by molar-refractivity contribution is -0.140. The van der Waals surface area contributed by atoms with Crippen LogP contribution in [0.1, 0.15) is 30.6 Å². The Hall–Kier alpha value is -1.26. The number of hydrogen-bond donors (Lipinski definition) is 2. The van der Waals surface area contributed by atoms with Gasteiger partial charge in [0, 0.05) is 5.02 Å². The van der Waals surface area contributed by atoms with Crippen molar-refractivity contribution >= 4 is 35.1 Å². The van der Waals surface area contributed by atoms with E-state index in [1.165, 1.54) is 12.1 Å². The fourth-order valence-electron chi connectivity index (χ4n) is 1.57. The van der Waals surface area contributed by atoms with Crippen LogP contribution in [-0.2, 0) is 4.79 Å². The highest BCUT2D eigenvalue weighted by atomic mass is 35.5. The van der Waals surface area contributed by atoms with Gasteiger partial charge in [-0.3, -0.25) is 4.79 Å². The number of halogens is 2. The molecule has 0 aliphatic rings. The van der Waals surface area contributed by atoms with Crippen LogP contribution in [0.3, 0.4) is 0 Å². The molecule has 6 heteroatoms. The molecule has 0 radical (unpaired) electrons. The van der Waals surface area contributed by atoms with Crippen molar-refractivity contribution in [3.63, 3.8) is 0 Å². The Morgan fingerprint density at radius 1 is 1.37 bits per heavy atom. The Morgan fingerprint density at radius 2 is 2.00 bits per heavy atom. The maximum absolute atomic E-state index is 12.0. The largest absolute Gasteiger partial charge is 0.480 e. The van der Waals surface area contributed by atoms with Gasteiger partial charge in [0.2, 0.25) is 0 Å². The fourth-order valence-corrected chi connectivity index (χ4v) is 1.95. The summed E-state index contributed by atoms with van der Waals surface area (Å²) in [5, 5.41) is 12.2. The summed E-state index contributed by atoms with van der Waals surface area (Å²) in [6.07, 6.45) is 0.639. The van der Waals surface area contributed by atoms with Crippen molar-refractivity contribution in [2.24, 2.45) is 5.92 Å². The molecule has 1 aromatic rings. The van der Waals surface area contributed by atoms with Crippen molar-refractivity contribution in [3.8, 4) is 0 Å². The van der Waals surface area contributed by atoms with Crippen LogP contribution in [0.25, 0.3) is 0 Å². The van der Waals surface area contributed by atoms with Gasteiger partial charge in [-0.1, -0.05) is 43.5 Å². The fraction of sp³-hybridized carbons (Fsp3) is 0.385. The molecular formula is C13H15Cl2NO3. The number of rotatable bonds is 5. The molecule has 0 bridgehead atoms. The maximum atomic E-state index is 12.0. The summed E-state index contributed by atoms with van der Waals surface area (Å²) >= 11 is 11.7. The Balaban J connectivity index is 2.94. The van der Waals surface area contributed by atoms with E-state index in [0.29, 0.717) is 11.4 Å². The van der Waals surface area contributed by atoms with E-state index in [9.17, 15) is 9.59 Å². The molecule has 2 N–H and O–H groups in total. The van der Waals surface area contributed by atoms with Gasteiger partial charge in [0.15, 0.2) is 0 Å². The Labute approximate surface area is 121 Å². The number of aliphatic carboxylic acids is 1. The molecule has 1 aromatic carbocycles. The summed E-state index contributed by atoms with van der Waals surface area (Å²) in [7, 11) is 0. The first-order valence-corrected chi connectivity index (χ1v) is 6.61. The lowest BCUT2D eigenvalue weighted by Crippen LogP contribution is -2.45. The van der Waals surface area contributed by atoms with Crippen molar-refractivity contribution in [2.75, 3.05) is 0 Å². The molecular weight excluding hydrogens is 289 g/mol.